The average molecular weight is 378 g/mol. The van der Waals surface area contributed by atoms with E-state index >= 15 is 0 Å². The van der Waals surface area contributed by atoms with Gasteiger partial charge in [0.1, 0.15) is 5.69 Å². The van der Waals surface area contributed by atoms with Crippen LogP contribution in [0.2, 0.25) is 5.02 Å². The van der Waals surface area contributed by atoms with Crippen LogP contribution in [0, 0.1) is 18.6 Å². The van der Waals surface area contributed by atoms with E-state index in [1.54, 1.807) is 18.2 Å². The molecule has 0 radical (unpaired) electrons. The lowest BCUT2D eigenvalue weighted by Crippen LogP contribution is -2.20. The fraction of sp³-hybridized carbons (Fsp3) is 0.111. The Labute approximate surface area is 152 Å². The Hall–Kier alpha value is -2.93. The Balaban J connectivity index is 1.96. The molecule has 0 saturated heterocycles. The van der Waals surface area contributed by atoms with Crippen molar-refractivity contribution in [1.82, 2.24) is 15.1 Å². The van der Waals surface area contributed by atoms with Crippen molar-refractivity contribution in [3.05, 3.63) is 70.4 Å². The summed E-state index contributed by atoms with van der Waals surface area (Å²) < 4.78 is 29.2. The molecule has 0 atom stereocenters. The number of hydrogen-bond donors (Lipinski definition) is 2. The van der Waals surface area contributed by atoms with E-state index in [1.807, 2.05) is 13.0 Å². The number of carbonyl (C=O) groups is 1. The molecular formula is C18H14ClF2N3O2. The predicted octanol–water partition coefficient (Wildman–Crippen LogP) is 4.55. The second-order valence-corrected chi connectivity index (χ2v) is 6.10. The van der Waals surface area contributed by atoms with E-state index in [2.05, 4.69) is 10.4 Å². The lowest BCUT2D eigenvalue weighted by atomic mass is 10.0. The van der Waals surface area contributed by atoms with Gasteiger partial charge in [-0.15, -0.1) is 0 Å². The highest BCUT2D eigenvalue weighted by Gasteiger charge is 2.15. The normalized spacial score (nSPS) is 10.8. The zero-order chi connectivity index (χ0) is 18.8. The molecule has 1 amide bonds. The maximum atomic E-state index is 14.1. The number of nitrogens with zero attached hydrogens (tertiary/aromatic N) is 2. The highest BCUT2D eigenvalue weighted by molar-refractivity contribution is 6.30. The first-order valence-electron chi connectivity index (χ1n) is 7.62. The molecule has 1 aromatic heterocycles. The van der Waals surface area contributed by atoms with Gasteiger partial charge in [-0.25, -0.2) is 18.3 Å². The first kappa shape index (κ1) is 17.9. The van der Waals surface area contributed by atoms with Crippen molar-refractivity contribution in [2.45, 2.75) is 13.5 Å². The summed E-state index contributed by atoms with van der Waals surface area (Å²) in [6, 6.07) is 9.07. The largest absolute Gasteiger partial charge is 0.465 e. The summed E-state index contributed by atoms with van der Waals surface area (Å²) in [7, 11) is 0. The van der Waals surface area contributed by atoms with E-state index in [0.717, 1.165) is 27.9 Å². The summed E-state index contributed by atoms with van der Waals surface area (Å²) >= 11 is 5.64. The first-order chi connectivity index (χ1) is 12.3. The molecule has 0 unspecified atom stereocenters. The van der Waals surface area contributed by atoms with Crippen molar-refractivity contribution in [3.63, 3.8) is 0 Å². The number of aryl methyl sites for hydroxylation is 1. The number of aromatic nitrogens is 2. The summed E-state index contributed by atoms with van der Waals surface area (Å²) in [5, 5.41) is 15.2. The molecule has 3 rings (SSSR count). The van der Waals surface area contributed by atoms with Crippen LogP contribution in [-0.2, 0) is 6.54 Å². The third-order valence-corrected chi connectivity index (χ3v) is 4.09. The summed E-state index contributed by atoms with van der Waals surface area (Å²) in [4.78, 5) is 10.7. The number of benzene rings is 2. The Kier molecular flexibility index (Phi) is 4.90. The van der Waals surface area contributed by atoms with Crippen LogP contribution in [0.3, 0.4) is 0 Å². The van der Waals surface area contributed by atoms with Crippen LogP contribution in [0.5, 0.6) is 0 Å². The number of nitrogens with one attached hydrogen (secondary N) is 1. The smallest absolute Gasteiger partial charge is 0.404 e. The Morgan fingerprint density at radius 1 is 1.23 bits per heavy atom. The van der Waals surface area contributed by atoms with Gasteiger partial charge in [0.15, 0.2) is 11.6 Å². The molecule has 0 saturated carbocycles. The van der Waals surface area contributed by atoms with E-state index in [9.17, 15) is 13.6 Å². The lowest BCUT2D eigenvalue weighted by Gasteiger charge is -2.08. The van der Waals surface area contributed by atoms with Crippen LogP contribution >= 0.6 is 11.6 Å². The molecule has 0 fully saturated rings. The fourth-order valence-electron chi connectivity index (χ4n) is 2.55. The lowest BCUT2D eigenvalue weighted by molar-refractivity contribution is 0.194. The van der Waals surface area contributed by atoms with Gasteiger partial charge in [0, 0.05) is 23.3 Å². The van der Waals surface area contributed by atoms with E-state index in [-0.39, 0.29) is 17.3 Å². The van der Waals surface area contributed by atoms with Crippen LogP contribution in [0.1, 0.15) is 11.1 Å². The Morgan fingerprint density at radius 3 is 2.58 bits per heavy atom. The van der Waals surface area contributed by atoms with Gasteiger partial charge in [-0.05, 0) is 42.3 Å². The zero-order valence-corrected chi connectivity index (χ0v) is 14.4. The average Bonchev–Trinajstić information content (AvgIpc) is 3.02. The standard InChI is InChI=1S/C18H14ClF2N3O2/c1-10-2-3-11(6-12(10)9-22-18(25)26)16-4-5-24(23-16)17-14(20)7-13(19)8-15(17)21/h2-8,22H,9H2,1H3,(H,25,26). The number of hydrogen-bond acceptors (Lipinski definition) is 2. The van der Waals surface area contributed by atoms with Crippen molar-refractivity contribution in [2.75, 3.05) is 0 Å². The third-order valence-electron chi connectivity index (χ3n) is 3.87. The molecule has 0 aliphatic carbocycles. The molecule has 0 spiro atoms. The second kappa shape index (κ2) is 7.13. The minimum atomic E-state index is -1.12. The van der Waals surface area contributed by atoms with Gasteiger partial charge in [-0.1, -0.05) is 23.7 Å². The summed E-state index contributed by atoms with van der Waals surface area (Å²) in [5.41, 5.74) is 2.57. The van der Waals surface area contributed by atoms with E-state index < -0.39 is 17.7 Å². The summed E-state index contributed by atoms with van der Waals surface area (Å²) in [6.45, 7) is 2.01. The van der Waals surface area contributed by atoms with E-state index in [4.69, 9.17) is 16.7 Å². The van der Waals surface area contributed by atoms with E-state index in [0.29, 0.717) is 11.3 Å². The summed E-state index contributed by atoms with van der Waals surface area (Å²) in [5.74, 6) is -1.64. The van der Waals surface area contributed by atoms with Crippen molar-refractivity contribution >= 4 is 17.7 Å². The van der Waals surface area contributed by atoms with Gasteiger partial charge in [0.25, 0.3) is 0 Å². The predicted molar refractivity (Wildman–Crippen MR) is 93.5 cm³/mol. The Bertz CT molecular complexity index is 965. The van der Waals surface area contributed by atoms with Gasteiger partial charge in [0.2, 0.25) is 0 Å². The molecule has 0 aliphatic rings. The molecule has 0 aliphatic heterocycles. The quantitative estimate of drug-likeness (QED) is 0.701. The van der Waals surface area contributed by atoms with Gasteiger partial charge < -0.3 is 10.4 Å². The topological polar surface area (TPSA) is 67.2 Å². The van der Waals surface area contributed by atoms with Gasteiger partial charge >= 0.3 is 6.09 Å². The molecule has 1 heterocycles. The van der Waals surface area contributed by atoms with Gasteiger partial charge in [-0.3, -0.25) is 0 Å². The fourth-order valence-corrected chi connectivity index (χ4v) is 2.74. The number of rotatable bonds is 4. The molecule has 2 aromatic carbocycles. The monoisotopic (exact) mass is 377 g/mol. The highest BCUT2D eigenvalue weighted by atomic mass is 35.5. The van der Waals surface area contributed by atoms with Crippen LogP contribution in [0.25, 0.3) is 16.9 Å². The maximum absolute atomic E-state index is 14.1. The third kappa shape index (κ3) is 3.67. The maximum Gasteiger partial charge on any atom is 0.404 e. The van der Waals surface area contributed by atoms with Crippen molar-refractivity contribution in [2.24, 2.45) is 0 Å². The second-order valence-electron chi connectivity index (χ2n) is 5.66. The van der Waals surface area contributed by atoms with Crippen LogP contribution in [0.15, 0.2) is 42.6 Å². The van der Waals surface area contributed by atoms with Crippen molar-refractivity contribution < 1.29 is 18.7 Å². The first-order valence-corrected chi connectivity index (χ1v) is 8.00. The highest BCUT2D eigenvalue weighted by Crippen LogP contribution is 2.25. The van der Waals surface area contributed by atoms with Crippen LogP contribution < -0.4 is 5.32 Å². The van der Waals surface area contributed by atoms with Gasteiger partial charge in [0.05, 0.1) is 5.69 Å². The molecular weight excluding hydrogens is 364 g/mol. The van der Waals surface area contributed by atoms with Crippen LogP contribution in [0.4, 0.5) is 13.6 Å². The number of amides is 1. The molecule has 5 nitrogen and oxygen atoms in total. The summed E-state index contributed by atoms with van der Waals surface area (Å²) in [6.07, 6.45) is 0.326. The molecule has 8 heteroatoms. The molecule has 134 valence electrons. The number of carboxylic acid groups (broad SMARTS) is 1. The van der Waals surface area contributed by atoms with Crippen LogP contribution in [-0.4, -0.2) is 21.0 Å². The molecule has 2 N–H and O–H groups in total. The van der Waals surface area contributed by atoms with E-state index in [1.165, 1.54) is 6.20 Å². The zero-order valence-electron chi connectivity index (χ0n) is 13.6. The minimum Gasteiger partial charge on any atom is -0.465 e. The molecule has 3 aromatic rings. The van der Waals surface area contributed by atoms with Crippen molar-refractivity contribution in [1.29, 1.82) is 0 Å². The van der Waals surface area contributed by atoms with Gasteiger partial charge in [-0.2, -0.15) is 5.10 Å². The number of halogens is 3. The molecule has 0 bridgehead atoms. The molecule has 26 heavy (non-hydrogen) atoms. The minimum absolute atomic E-state index is 0.0368. The SMILES string of the molecule is Cc1ccc(-c2ccn(-c3c(F)cc(Cl)cc3F)n2)cc1CNC(=O)O. The Morgan fingerprint density at radius 2 is 1.92 bits per heavy atom. The van der Waals surface area contributed by atoms with Crippen molar-refractivity contribution in [3.8, 4) is 16.9 Å².